The zero-order valence-electron chi connectivity index (χ0n) is 15.9. The molecule has 5 heteroatoms. The molecule has 0 amide bonds. The fourth-order valence-electron chi connectivity index (χ4n) is 3.22. The number of aliphatic hydroxyl groups is 1. The van der Waals surface area contributed by atoms with Gasteiger partial charge < -0.3 is 10.2 Å². The zero-order chi connectivity index (χ0) is 19.5. The van der Waals surface area contributed by atoms with E-state index in [9.17, 15) is 19.1 Å². The molecule has 1 aliphatic rings. The van der Waals surface area contributed by atoms with Gasteiger partial charge in [0.1, 0.15) is 18.1 Å². The highest BCUT2D eigenvalue weighted by molar-refractivity contribution is 5.85. The number of aliphatic hydroxyl groups excluding tert-OH is 1. The van der Waals surface area contributed by atoms with Crippen LogP contribution < -0.4 is 0 Å². The molecule has 0 bridgehead atoms. The van der Waals surface area contributed by atoms with E-state index in [1.807, 2.05) is 19.1 Å². The van der Waals surface area contributed by atoms with E-state index in [1.165, 1.54) is 6.08 Å². The number of aliphatic carboxylic acids is 1. The lowest BCUT2D eigenvalue weighted by Crippen LogP contribution is -2.20. The van der Waals surface area contributed by atoms with Crippen molar-refractivity contribution in [2.24, 2.45) is 17.8 Å². The lowest BCUT2D eigenvalue weighted by Gasteiger charge is -2.14. The molecule has 1 rings (SSSR count). The van der Waals surface area contributed by atoms with Crippen molar-refractivity contribution < 1.29 is 24.2 Å². The Morgan fingerprint density at radius 2 is 2.04 bits per heavy atom. The van der Waals surface area contributed by atoms with Crippen molar-refractivity contribution in [2.75, 3.05) is 0 Å². The number of alkyl halides is 1. The molecule has 5 atom stereocenters. The average molecular weight is 368 g/mol. The Kier molecular flexibility index (Phi) is 10.4. The number of carboxylic acids is 1. The minimum absolute atomic E-state index is 0.00437. The van der Waals surface area contributed by atoms with Crippen molar-refractivity contribution >= 4 is 11.8 Å². The van der Waals surface area contributed by atoms with Crippen molar-refractivity contribution in [2.45, 2.75) is 77.5 Å². The molecule has 0 aromatic carbocycles. The van der Waals surface area contributed by atoms with E-state index < -0.39 is 18.2 Å². The predicted octanol–water partition coefficient (Wildman–Crippen LogP) is 4.47. The van der Waals surface area contributed by atoms with Gasteiger partial charge in [0.25, 0.3) is 0 Å². The Bertz CT molecular complexity index is 500. The molecule has 2 N–H and O–H groups in total. The summed E-state index contributed by atoms with van der Waals surface area (Å²) >= 11 is 0. The first-order chi connectivity index (χ1) is 12.4. The second-order valence-corrected chi connectivity index (χ2v) is 7.33. The molecule has 1 fully saturated rings. The van der Waals surface area contributed by atoms with E-state index in [2.05, 4.69) is 0 Å². The van der Waals surface area contributed by atoms with E-state index in [0.29, 0.717) is 19.3 Å². The third kappa shape index (κ3) is 7.81. The molecule has 1 unspecified atom stereocenters. The predicted molar refractivity (Wildman–Crippen MR) is 101 cm³/mol. The number of allylic oxidation sites excluding steroid dienone is 3. The lowest BCUT2D eigenvalue weighted by atomic mass is 9.93. The van der Waals surface area contributed by atoms with Gasteiger partial charge in [-0.25, -0.2) is 4.39 Å². The summed E-state index contributed by atoms with van der Waals surface area (Å²) in [5.41, 5.74) is 0. The summed E-state index contributed by atoms with van der Waals surface area (Å²) < 4.78 is 13.8. The van der Waals surface area contributed by atoms with Gasteiger partial charge in [-0.05, 0) is 38.0 Å². The van der Waals surface area contributed by atoms with Gasteiger partial charge >= 0.3 is 5.97 Å². The lowest BCUT2D eigenvalue weighted by molar-refractivity contribution is -0.141. The SMILES string of the molecule is CCCC[C@@H](F)[C@H](O)/C=C/[C@H]1CCC(=O)[C@@H]1/C=C\CCCC(C)C(=O)O. The molecule has 148 valence electrons. The number of carboxylic acid groups (broad SMARTS) is 1. The minimum atomic E-state index is -1.26. The molecule has 0 radical (unpaired) electrons. The number of Topliss-reactive ketones (excluding diaryl/α,β-unsaturated/α-hetero) is 1. The van der Waals surface area contributed by atoms with Crippen LogP contribution >= 0.6 is 0 Å². The topological polar surface area (TPSA) is 74.6 Å². The maximum atomic E-state index is 13.8. The molecular weight excluding hydrogens is 335 g/mol. The second-order valence-electron chi connectivity index (χ2n) is 7.33. The minimum Gasteiger partial charge on any atom is -0.481 e. The molecular formula is C21H33FO4. The molecule has 0 aromatic heterocycles. The van der Waals surface area contributed by atoms with Crippen LogP contribution in [0.2, 0.25) is 0 Å². The third-order valence-electron chi connectivity index (χ3n) is 5.09. The van der Waals surface area contributed by atoms with Gasteiger partial charge in [0.05, 0.1) is 5.92 Å². The number of hydrogen-bond donors (Lipinski definition) is 2. The molecule has 1 saturated carbocycles. The highest BCUT2D eigenvalue weighted by Crippen LogP contribution is 2.31. The van der Waals surface area contributed by atoms with Crippen LogP contribution in [0.15, 0.2) is 24.3 Å². The monoisotopic (exact) mass is 368 g/mol. The zero-order valence-corrected chi connectivity index (χ0v) is 15.9. The average Bonchev–Trinajstić information content (AvgIpc) is 2.96. The number of unbranched alkanes of at least 4 members (excludes halogenated alkanes) is 2. The highest BCUT2D eigenvalue weighted by atomic mass is 19.1. The van der Waals surface area contributed by atoms with Gasteiger partial charge in [-0.1, -0.05) is 51.0 Å². The van der Waals surface area contributed by atoms with Crippen LogP contribution in [0.25, 0.3) is 0 Å². The van der Waals surface area contributed by atoms with Crippen LogP contribution in [0, 0.1) is 17.8 Å². The Morgan fingerprint density at radius 3 is 2.69 bits per heavy atom. The van der Waals surface area contributed by atoms with Crippen LogP contribution in [0.5, 0.6) is 0 Å². The number of halogens is 1. The Labute approximate surface area is 156 Å². The highest BCUT2D eigenvalue weighted by Gasteiger charge is 2.31. The maximum absolute atomic E-state index is 13.8. The van der Waals surface area contributed by atoms with Crippen LogP contribution in [-0.2, 0) is 9.59 Å². The summed E-state index contributed by atoms with van der Waals surface area (Å²) in [6.07, 6.45) is 10.1. The van der Waals surface area contributed by atoms with Gasteiger partial charge in [0.15, 0.2) is 0 Å². The van der Waals surface area contributed by atoms with E-state index in [0.717, 1.165) is 32.1 Å². The largest absolute Gasteiger partial charge is 0.481 e. The summed E-state index contributed by atoms with van der Waals surface area (Å²) in [7, 11) is 0. The number of rotatable bonds is 12. The van der Waals surface area contributed by atoms with E-state index >= 15 is 0 Å². The van der Waals surface area contributed by atoms with E-state index in [1.54, 1.807) is 13.0 Å². The summed E-state index contributed by atoms with van der Waals surface area (Å²) in [5, 5.41) is 18.7. The molecule has 0 spiro atoms. The van der Waals surface area contributed by atoms with Crippen LogP contribution in [0.1, 0.15) is 65.2 Å². The molecule has 4 nitrogen and oxygen atoms in total. The van der Waals surface area contributed by atoms with Gasteiger partial charge in [-0.15, -0.1) is 0 Å². The van der Waals surface area contributed by atoms with Gasteiger partial charge in [0, 0.05) is 12.3 Å². The van der Waals surface area contributed by atoms with Crippen molar-refractivity contribution in [3.05, 3.63) is 24.3 Å². The van der Waals surface area contributed by atoms with Gasteiger partial charge in [0.2, 0.25) is 0 Å². The first kappa shape index (κ1) is 22.6. The number of carbonyl (C=O) groups excluding carboxylic acids is 1. The number of ketones is 1. The summed E-state index contributed by atoms with van der Waals surface area (Å²) in [4.78, 5) is 22.8. The van der Waals surface area contributed by atoms with Crippen LogP contribution in [0.4, 0.5) is 4.39 Å². The Hall–Kier alpha value is -1.49. The van der Waals surface area contributed by atoms with Crippen LogP contribution in [0.3, 0.4) is 0 Å². The quantitative estimate of drug-likeness (QED) is 0.393. The molecule has 0 aromatic rings. The summed E-state index contributed by atoms with van der Waals surface area (Å²) in [5.74, 6) is -1.18. The molecule has 1 aliphatic carbocycles. The van der Waals surface area contributed by atoms with Gasteiger partial charge in [-0.2, -0.15) is 0 Å². The van der Waals surface area contributed by atoms with Gasteiger partial charge in [-0.3, -0.25) is 9.59 Å². The summed E-state index contributed by atoms with van der Waals surface area (Å²) in [6, 6.07) is 0. The normalized spacial score (nSPS) is 24.4. The molecule has 0 saturated heterocycles. The third-order valence-corrected chi connectivity index (χ3v) is 5.09. The van der Waals surface area contributed by atoms with Crippen molar-refractivity contribution in [1.29, 1.82) is 0 Å². The molecule has 0 aliphatic heterocycles. The standard InChI is InChI=1S/C21H33FO4/c1-3-4-10-18(22)20(24)14-12-16-11-13-19(23)17(16)9-7-5-6-8-15(2)21(25)26/h7,9,12,14-18,20,24H,3-6,8,10-11,13H2,1-2H3,(H,25,26)/b9-7-,14-12+/t15?,16-,17-,18-,20-/m1/s1. The second kappa shape index (κ2) is 12.0. The molecule has 26 heavy (non-hydrogen) atoms. The molecule has 0 heterocycles. The maximum Gasteiger partial charge on any atom is 0.306 e. The van der Waals surface area contributed by atoms with Crippen molar-refractivity contribution in [3.63, 3.8) is 0 Å². The van der Waals surface area contributed by atoms with Crippen molar-refractivity contribution in [3.8, 4) is 0 Å². The fourth-order valence-corrected chi connectivity index (χ4v) is 3.22. The van der Waals surface area contributed by atoms with Crippen LogP contribution in [-0.4, -0.2) is 34.2 Å². The van der Waals surface area contributed by atoms with Crippen molar-refractivity contribution in [1.82, 2.24) is 0 Å². The number of hydrogen-bond acceptors (Lipinski definition) is 3. The Morgan fingerprint density at radius 1 is 1.31 bits per heavy atom. The Balaban J connectivity index is 2.48. The van der Waals surface area contributed by atoms with E-state index in [4.69, 9.17) is 5.11 Å². The fraction of sp³-hybridized carbons (Fsp3) is 0.714. The first-order valence-corrected chi connectivity index (χ1v) is 9.79. The smallest absolute Gasteiger partial charge is 0.306 e. The number of carbonyl (C=O) groups is 2. The first-order valence-electron chi connectivity index (χ1n) is 9.79. The van der Waals surface area contributed by atoms with E-state index in [-0.39, 0.29) is 23.5 Å². The summed E-state index contributed by atoms with van der Waals surface area (Å²) in [6.45, 7) is 3.68.